The summed E-state index contributed by atoms with van der Waals surface area (Å²) in [6.45, 7) is 0.213. The van der Waals surface area contributed by atoms with Crippen molar-refractivity contribution in [3.63, 3.8) is 0 Å². The van der Waals surface area contributed by atoms with Crippen LogP contribution in [-0.4, -0.2) is 35.3 Å². The van der Waals surface area contributed by atoms with Crippen LogP contribution >= 0.6 is 0 Å². The second-order valence-corrected chi connectivity index (χ2v) is 7.62. The van der Waals surface area contributed by atoms with Crippen molar-refractivity contribution in [3.8, 4) is 5.75 Å². The maximum atomic E-state index is 14.5. The molecule has 2 aromatic rings. The number of ether oxygens (including phenoxy) is 2. The van der Waals surface area contributed by atoms with Gasteiger partial charge in [0.15, 0.2) is 0 Å². The second-order valence-electron chi connectivity index (χ2n) is 7.62. The Hall–Kier alpha value is -2.60. The normalized spacial score (nSPS) is 26.2. The molecule has 0 aromatic heterocycles. The summed E-state index contributed by atoms with van der Waals surface area (Å²) >= 11 is 0. The van der Waals surface area contributed by atoms with Crippen LogP contribution in [0.25, 0.3) is 0 Å². The largest absolute Gasteiger partial charge is 0.497 e. The minimum Gasteiger partial charge on any atom is -0.497 e. The molecule has 2 aliphatic heterocycles. The van der Waals surface area contributed by atoms with E-state index in [0.29, 0.717) is 5.75 Å². The zero-order valence-corrected chi connectivity index (χ0v) is 15.8. The van der Waals surface area contributed by atoms with E-state index in [1.54, 1.807) is 11.0 Å². The Labute approximate surface area is 163 Å². The fourth-order valence-electron chi connectivity index (χ4n) is 4.52. The van der Waals surface area contributed by atoms with Crippen molar-refractivity contribution >= 4 is 6.09 Å². The van der Waals surface area contributed by atoms with Gasteiger partial charge in [0, 0.05) is 30.5 Å². The molecule has 2 bridgehead atoms. The Balaban J connectivity index is 1.49. The smallest absolute Gasteiger partial charge is 0.410 e. The number of piperidine rings is 1. The number of halogens is 1. The van der Waals surface area contributed by atoms with Gasteiger partial charge < -0.3 is 19.5 Å². The molecule has 0 spiro atoms. The molecule has 0 saturated carbocycles. The van der Waals surface area contributed by atoms with Crippen LogP contribution in [-0.2, 0) is 16.9 Å². The molecule has 0 aliphatic carbocycles. The molecule has 1 N–H and O–H groups in total. The van der Waals surface area contributed by atoms with Gasteiger partial charge in [-0.3, -0.25) is 0 Å². The van der Waals surface area contributed by atoms with Crippen LogP contribution in [0.2, 0.25) is 0 Å². The first-order valence-corrected chi connectivity index (χ1v) is 9.55. The van der Waals surface area contributed by atoms with Crippen molar-refractivity contribution in [1.82, 2.24) is 4.90 Å². The van der Waals surface area contributed by atoms with Crippen LogP contribution in [0, 0.1) is 5.82 Å². The van der Waals surface area contributed by atoms with E-state index in [2.05, 4.69) is 0 Å². The molecule has 2 fully saturated rings. The first-order valence-electron chi connectivity index (χ1n) is 9.55. The number of nitrogens with zero attached hydrogens (tertiary/aromatic N) is 1. The van der Waals surface area contributed by atoms with Gasteiger partial charge in [-0.25, -0.2) is 9.18 Å². The fourth-order valence-corrected chi connectivity index (χ4v) is 4.52. The number of carbonyl (C=O) groups excluding carboxylic acids is 1. The molecule has 2 saturated heterocycles. The predicted octanol–water partition coefficient (Wildman–Crippen LogP) is 3.99. The van der Waals surface area contributed by atoms with E-state index in [-0.39, 0.29) is 43.2 Å². The molecule has 0 radical (unpaired) electrons. The number of amides is 1. The number of methoxy groups -OCH3 is 1. The average Bonchev–Trinajstić information content (AvgIpc) is 2.99. The van der Waals surface area contributed by atoms with Gasteiger partial charge in [0.25, 0.3) is 0 Å². The molecular weight excluding hydrogens is 361 g/mol. The molecule has 2 unspecified atom stereocenters. The highest BCUT2D eigenvalue weighted by Gasteiger charge is 2.51. The summed E-state index contributed by atoms with van der Waals surface area (Å²) < 4.78 is 25.1. The summed E-state index contributed by atoms with van der Waals surface area (Å²) in [6, 6.07) is 13.6. The van der Waals surface area contributed by atoms with Crippen molar-refractivity contribution in [1.29, 1.82) is 0 Å². The van der Waals surface area contributed by atoms with E-state index in [9.17, 15) is 14.3 Å². The highest BCUT2D eigenvalue weighted by molar-refractivity contribution is 5.69. The molecule has 2 aromatic carbocycles. The van der Waals surface area contributed by atoms with Crippen molar-refractivity contribution in [2.75, 3.05) is 7.11 Å². The summed E-state index contributed by atoms with van der Waals surface area (Å²) in [7, 11) is 1.51. The third-order valence-electron chi connectivity index (χ3n) is 5.86. The molecule has 5 nitrogen and oxygen atoms in total. The highest BCUT2D eigenvalue weighted by atomic mass is 19.1. The minimum atomic E-state index is -1.32. The predicted molar refractivity (Wildman–Crippen MR) is 101 cm³/mol. The maximum Gasteiger partial charge on any atom is 0.410 e. The number of hydrogen-bond donors (Lipinski definition) is 1. The quantitative estimate of drug-likeness (QED) is 0.865. The van der Waals surface area contributed by atoms with Gasteiger partial charge in [-0.05, 0) is 36.6 Å². The minimum absolute atomic E-state index is 0.169. The Bertz CT molecular complexity index is 843. The molecule has 28 heavy (non-hydrogen) atoms. The van der Waals surface area contributed by atoms with Crippen molar-refractivity contribution < 1.29 is 23.8 Å². The molecule has 2 atom stereocenters. The third kappa shape index (κ3) is 3.44. The average molecular weight is 385 g/mol. The zero-order chi connectivity index (χ0) is 19.7. The Morgan fingerprint density at radius 3 is 2.50 bits per heavy atom. The van der Waals surface area contributed by atoms with Crippen LogP contribution in [0.3, 0.4) is 0 Å². The van der Waals surface area contributed by atoms with E-state index in [1.165, 1.54) is 19.2 Å². The first-order chi connectivity index (χ1) is 13.5. The standard InChI is InChI=1S/C22H24FNO4/c1-27-18-9-10-20(23)19(11-18)22(26)12-16-7-8-17(13-22)24(16)21(25)28-14-15-5-3-2-4-6-15/h2-6,9-11,16-17,26H,7-8,12-14H2,1H3. The number of rotatable bonds is 4. The lowest BCUT2D eigenvalue weighted by molar-refractivity contribution is -0.0557. The van der Waals surface area contributed by atoms with Gasteiger partial charge in [-0.15, -0.1) is 0 Å². The number of aliphatic hydroxyl groups is 1. The summed E-state index contributed by atoms with van der Waals surface area (Å²) in [5.41, 5.74) is -0.156. The van der Waals surface area contributed by atoms with E-state index in [0.717, 1.165) is 18.4 Å². The summed E-state index contributed by atoms with van der Waals surface area (Å²) in [5, 5.41) is 11.3. The van der Waals surface area contributed by atoms with E-state index in [4.69, 9.17) is 9.47 Å². The van der Waals surface area contributed by atoms with Gasteiger partial charge in [0.1, 0.15) is 18.2 Å². The maximum absolute atomic E-state index is 14.5. The zero-order valence-electron chi connectivity index (χ0n) is 15.8. The van der Waals surface area contributed by atoms with Crippen molar-refractivity contribution in [2.45, 2.75) is 50.0 Å². The summed E-state index contributed by atoms with van der Waals surface area (Å²) in [6.07, 6.45) is 1.75. The first kappa shape index (κ1) is 18.7. The molecular formula is C22H24FNO4. The van der Waals surface area contributed by atoms with Gasteiger partial charge in [-0.1, -0.05) is 30.3 Å². The number of fused-ring (bicyclic) bond motifs is 2. The molecule has 2 heterocycles. The molecule has 4 rings (SSSR count). The lowest BCUT2D eigenvalue weighted by atomic mass is 9.80. The van der Waals surface area contributed by atoms with Crippen molar-refractivity contribution in [2.24, 2.45) is 0 Å². The van der Waals surface area contributed by atoms with Crippen LogP contribution in [0.1, 0.15) is 36.8 Å². The third-order valence-corrected chi connectivity index (χ3v) is 5.86. The lowest BCUT2D eigenvalue weighted by Crippen LogP contribution is -2.52. The van der Waals surface area contributed by atoms with Crippen LogP contribution < -0.4 is 4.74 Å². The summed E-state index contributed by atoms with van der Waals surface area (Å²) in [5.74, 6) is 0.0460. The monoisotopic (exact) mass is 385 g/mol. The Kier molecular flexibility index (Phi) is 4.98. The molecule has 148 valence electrons. The van der Waals surface area contributed by atoms with Gasteiger partial charge in [0.2, 0.25) is 0 Å². The molecule has 1 amide bonds. The van der Waals surface area contributed by atoms with Crippen LogP contribution in [0.4, 0.5) is 9.18 Å². The molecule has 2 aliphatic rings. The van der Waals surface area contributed by atoms with Crippen LogP contribution in [0.5, 0.6) is 5.75 Å². The fraction of sp³-hybridized carbons (Fsp3) is 0.409. The molecule has 6 heteroatoms. The number of hydrogen-bond acceptors (Lipinski definition) is 4. The van der Waals surface area contributed by atoms with E-state index in [1.807, 2.05) is 30.3 Å². The van der Waals surface area contributed by atoms with E-state index < -0.39 is 11.4 Å². The van der Waals surface area contributed by atoms with Gasteiger partial charge >= 0.3 is 6.09 Å². The topological polar surface area (TPSA) is 59.0 Å². The summed E-state index contributed by atoms with van der Waals surface area (Å²) in [4.78, 5) is 14.4. The van der Waals surface area contributed by atoms with Gasteiger partial charge in [-0.2, -0.15) is 0 Å². The van der Waals surface area contributed by atoms with Crippen LogP contribution in [0.15, 0.2) is 48.5 Å². The SMILES string of the molecule is COc1ccc(F)c(C2(O)CC3CCC(C2)N3C(=O)OCc2ccccc2)c1. The van der Waals surface area contributed by atoms with Gasteiger partial charge in [0.05, 0.1) is 12.7 Å². The lowest BCUT2D eigenvalue weighted by Gasteiger charge is -2.43. The van der Waals surface area contributed by atoms with Crippen molar-refractivity contribution in [3.05, 3.63) is 65.5 Å². The number of carbonyl (C=O) groups is 1. The second kappa shape index (κ2) is 7.43. The number of benzene rings is 2. The Morgan fingerprint density at radius 1 is 1.18 bits per heavy atom. The highest BCUT2D eigenvalue weighted by Crippen LogP contribution is 2.47. The Morgan fingerprint density at radius 2 is 1.86 bits per heavy atom. The van der Waals surface area contributed by atoms with E-state index >= 15 is 0 Å².